The molecule has 2 atom stereocenters. The van der Waals surface area contributed by atoms with E-state index in [1.807, 2.05) is 24.3 Å². The molecule has 104 valence electrons. The first kappa shape index (κ1) is 14.6. The van der Waals surface area contributed by atoms with Crippen LogP contribution in [-0.2, 0) is 9.53 Å². The highest BCUT2D eigenvalue weighted by Crippen LogP contribution is 2.33. The molecule has 0 radical (unpaired) electrons. The van der Waals surface area contributed by atoms with Crippen LogP contribution in [0.3, 0.4) is 0 Å². The Morgan fingerprint density at radius 3 is 2.63 bits per heavy atom. The van der Waals surface area contributed by atoms with Gasteiger partial charge in [-0.25, -0.2) is 0 Å². The molecule has 0 aromatic heterocycles. The van der Waals surface area contributed by atoms with Gasteiger partial charge in [-0.15, -0.1) is 0 Å². The zero-order valence-corrected chi connectivity index (χ0v) is 13.0. The van der Waals surface area contributed by atoms with Crippen LogP contribution in [0.5, 0.6) is 0 Å². The number of carbonyl (C=O) groups excluding carboxylic acids is 1. The number of carbonyl (C=O) groups is 1. The van der Waals surface area contributed by atoms with E-state index in [2.05, 4.69) is 22.9 Å². The van der Waals surface area contributed by atoms with Crippen molar-refractivity contribution in [3.05, 3.63) is 34.3 Å². The first-order valence-corrected chi connectivity index (χ1v) is 7.96. The van der Waals surface area contributed by atoms with Crippen molar-refractivity contribution in [2.45, 2.75) is 57.5 Å². The summed E-state index contributed by atoms with van der Waals surface area (Å²) in [5.74, 6) is -0.118. The van der Waals surface area contributed by atoms with Crippen LogP contribution in [0.25, 0.3) is 0 Å². The van der Waals surface area contributed by atoms with Crippen LogP contribution >= 0.6 is 15.9 Å². The Labute approximate surface area is 123 Å². The molecular formula is C16H21BrO2. The van der Waals surface area contributed by atoms with Crippen molar-refractivity contribution in [1.29, 1.82) is 0 Å². The molecule has 0 unspecified atom stereocenters. The molecule has 1 aliphatic rings. The molecule has 0 amide bonds. The number of hydrogen-bond acceptors (Lipinski definition) is 2. The van der Waals surface area contributed by atoms with Crippen molar-refractivity contribution in [2.75, 3.05) is 0 Å². The molecule has 0 saturated carbocycles. The molecule has 19 heavy (non-hydrogen) atoms. The Kier molecular flexibility index (Phi) is 5.44. The van der Waals surface area contributed by atoms with E-state index in [1.54, 1.807) is 0 Å². The number of unbranched alkanes of at least 4 members (excludes halogenated alkanes) is 3. The van der Waals surface area contributed by atoms with Gasteiger partial charge < -0.3 is 4.74 Å². The molecule has 2 nitrogen and oxygen atoms in total. The van der Waals surface area contributed by atoms with Crippen LogP contribution in [0.2, 0.25) is 0 Å². The van der Waals surface area contributed by atoms with E-state index in [0.29, 0.717) is 0 Å². The molecule has 1 fully saturated rings. The van der Waals surface area contributed by atoms with Gasteiger partial charge in [-0.05, 0) is 30.5 Å². The maximum Gasteiger partial charge on any atom is 0.313 e. The number of esters is 1. The average molecular weight is 325 g/mol. The van der Waals surface area contributed by atoms with Gasteiger partial charge in [0.2, 0.25) is 0 Å². The lowest BCUT2D eigenvalue weighted by Gasteiger charge is -2.08. The number of benzene rings is 1. The Hall–Kier alpha value is -0.830. The SMILES string of the molecule is CCCCCC[C@@H]1C[C@@H](c2ccc(Br)cc2)C(=O)O1. The van der Waals surface area contributed by atoms with Gasteiger partial charge in [0.05, 0.1) is 5.92 Å². The molecule has 1 aromatic rings. The van der Waals surface area contributed by atoms with Crippen molar-refractivity contribution in [3.63, 3.8) is 0 Å². The minimum absolute atomic E-state index is 0.0530. The van der Waals surface area contributed by atoms with Crippen molar-refractivity contribution in [3.8, 4) is 0 Å². The van der Waals surface area contributed by atoms with Gasteiger partial charge in [0.25, 0.3) is 0 Å². The average Bonchev–Trinajstić information content (AvgIpc) is 2.77. The third kappa shape index (κ3) is 4.07. The second kappa shape index (κ2) is 7.09. The van der Waals surface area contributed by atoms with E-state index in [0.717, 1.165) is 22.9 Å². The molecule has 0 aliphatic carbocycles. The van der Waals surface area contributed by atoms with Crippen LogP contribution in [0.4, 0.5) is 0 Å². The van der Waals surface area contributed by atoms with Crippen LogP contribution in [-0.4, -0.2) is 12.1 Å². The minimum atomic E-state index is -0.0655. The van der Waals surface area contributed by atoms with E-state index in [4.69, 9.17) is 4.74 Å². The molecule has 1 heterocycles. The summed E-state index contributed by atoms with van der Waals surface area (Å²) in [7, 11) is 0. The fourth-order valence-corrected chi connectivity index (χ4v) is 2.86. The monoisotopic (exact) mass is 324 g/mol. The summed E-state index contributed by atoms with van der Waals surface area (Å²) in [6.07, 6.45) is 6.90. The summed E-state index contributed by atoms with van der Waals surface area (Å²) in [6.45, 7) is 2.21. The van der Waals surface area contributed by atoms with Gasteiger partial charge in [-0.2, -0.15) is 0 Å². The highest BCUT2D eigenvalue weighted by Gasteiger charge is 2.34. The first-order chi connectivity index (χ1) is 9.20. The number of halogens is 1. The Morgan fingerprint density at radius 2 is 1.95 bits per heavy atom. The van der Waals surface area contributed by atoms with Crippen molar-refractivity contribution < 1.29 is 9.53 Å². The van der Waals surface area contributed by atoms with Gasteiger partial charge in [-0.1, -0.05) is 54.2 Å². The van der Waals surface area contributed by atoms with Gasteiger partial charge in [0.15, 0.2) is 0 Å². The molecule has 0 N–H and O–H groups in total. The van der Waals surface area contributed by atoms with Gasteiger partial charge >= 0.3 is 5.97 Å². The topological polar surface area (TPSA) is 26.3 Å². The Balaban J connectivity index is 1.87. The molecule has 1 saturated heterocycles. The van der Waals surface area contributed by atoms with E-state index in [1.165, 1.54) is 25.7 Å². The summed E-state index contributed by atoms with van der Waals surface area (Å²) in [5.41, 5.74) is 1.07. The van der Waals surface area contributed by atoms with Crippen molar-refractivity contribution >= 4 is 21.9 Å². The largest absolute Gasteiger partial charge is 0.462 e. The number of ether oxygens (including phenoxy) is 1. The van der Waals surface area contributed by atoms with E-state index < -0.39 is 0 Å². The van der Waals surface area contributed by atoms with E-state index in [-0.39, 0.29) is 18.0 Å². The molecule has 3 heteroatoms. The normalized spacial score (nSPS) is 22.5. The predicted molar refractivity (Wildman–Crippen MR) is 80.1 cm³/mol. The maximum atomic E-state index is 11.9. The van der Waals surface area contributed by atoms with E-state index in [9.17, 15) is 4.79 Å². The fourth-order valence-electron chi connectivity index (χ4n) is 2.60. The Bertz CT molecular complexity index is 413. The summed E-state index contributed by atoms with van der Waals surface area (Å²) in [6, 6.07) is 7.99. The zero-order valence-electron chi connectivity index (χ0n) is 11.4. The van der Waals surface area contributed by atoms with Gasteiger partial charge in [0, 0.05) is 10.9 Å². The number of rotatable bonds is 6. The molecule has 0 spiro atoms. The van der Waals surface area contributed by atoms with Crippen LogP contribution in [0.1, 0.15) is 56.9 Å². The summed E-state index contributed by atoms with van der Waals surface area (Å²) < 4.78 is 6.53. The second-order valence-corrected chi connectivity index (χ2v) is 6.16. The molecule has 1 aliphatic heterocycles. The van der Waals surface area contributed by atoms with Crippen molar-refractivity contribution in [2.24, 2.45) is 0 Å². The third-order valence-electron chi connectivity index (χ3n) is 3.72. The number of cyclic esters (lactones) is 1. The highest BCUT2D eigenvalue weighted by atomic mass is 79.9. The van der Waals surface area contributed by atoms with E-state index >= 15 is 0 Å². The number of hydrogen-bond donors (Lipinski definition) is 0. The summed E-state index contributed by atoms with van der Waals surface area (Å²) in [5, 5.41) is 0. The van der Waals surface area contributed by atoms with Crippen LogP contribution in [0.15, 0.2) is 28.7 Å². The standard InChI is InChI=1S/C16H21BrO2/c1-2-3-4-5-6-14-11-15(16(18)19-14)12-7-9-13(17)10-8-12/h7-10,14-15H,2-6,11H2,1H3/t14-,15+/m1/s1. The zero-order chi connectivity index (χ0) is 13.7. The molecule has 0 bridgehead atoms. The lowest BCUT2D eigenvalue weighted by Crippen LogP contribution is -2.06. The summed E-state index contributed by atoms with van der Waals surface area (Å²) in [4.78, 5) is 11.9. The van der Waals surface area contributed by atoms with Crippen LogP contribution in [0, 0.1) is 0 Å². The van der Waals surface area contributed by atoms with Crippen LogP contribution < -0.4 is 0 Å². The summed E-state index contributed by atoms with van der Waals surface area (Å²) >= 11 is 3.41. The maximum absolute atomic E-state index is 11.9. The van der Waals surface area contributed by atoms with Gasteiger partial charge in [-0.3, -0.25) is 4.79 Å². The highest BCUT2D eigenvalue weighted by molar-refractivity contribution is 9.10. The lowest BCUT2D eigenvalue weighted by atomic mass is 9.94. The third-order valence-corrected chi connectivity index (χ3v) is 4.25. The molecule has 2 rings (SSSR count). The quantitative estimate of drug-likeness (QED) is 0.554. The smallest absolute Gasteiger partial charge is 0.313 e. The first-order valence-electron chi connectivity index (χ1n) is 7.16. The van der Waals surface area contributed by atoms with Crippen molar-refractivity contribution in [1.82, 2.24) is 0 Å². The fraction of sp³-hybridized carbons (Fsp3) is 0.562. The predicted octanol–water partition coefficient (Wildman–Crippen LogP) is 4.82. The molecule has 1 aromatic carbocycles. The Morgan fingerprint density at radius 1 is 1.21 bits per heavy atom. The van der Waals surface area contributed by atoms with Gasteiger partial charge in [0.1, 0.15) is 6.10 Å². The second-order valence-electron chi connectivity index (χ2n) is 5.25. The minimum Gasteiger partial charge on any atom is -0.462 e. The lowest BCUT2D eigenvalue weighted by molar-refractivity contribution is -0.142. The molecular weight excluding hydrogens is 304 g/mol.